The molecule has 1 nitrogen and oxygen atoms in total. The second kappa shape index (κ2) is 7.33. The summed E-state index contributed by atoms with van der Waals surface area (Å²) in [6.45, 7) is 0. The van der Waals surface area contributed by atoms with E-state index in [1.54, 1.807) is 0 Å². The molecule has 0 saturated carbocycles. The average Bonchev–Trinajstić information content (AvgIpc) is 2.75. The molecule has 0 heterocycles. The number of hydrogen-bond donors (Lipinski definition) is 0. The summed E-state index contributed by atoms with van der Waals surface area (Å²) in [7, 11) is 2.14. The smallest absolute Gasteiger partial charge is 0.0406 e. The van der Waals surface area contributed by atoms with Crippen molar-refractivity contribution in [3.05, 3.63) is 103 Å². The van der Waals surface area contributed by atoms with Crippen LogP contribution >= 0.6 is 0 Å². The Hall–Kier alpha value is -3.24. The summed E-state index contributed by atoms with van der Waals surface area (Å²) in [6.07, 6.45) is 8.79. The van der Waals surface area contributed by atoms with Crippen LogP contribution in [-0.2, 0) is 0 Å². The van der Waals surface area contributed by atoms with Crippen LogP contribution < -0.4 is 4.90 Å². The van der Waals surface area contributed by atoms with Gasteiger partial charge in [0.2, 0.25) is 0 Å². The van der Waals surface area contributed by atoms with E-state index in [9.17, 15) is 0 Å². The number of nitrogens with zero attached hydrogens (tertiary/aromatic N) is 1. The Morgan fingerprint density at radius 2 is 1.42 bits per heavy atom. The molecule has 0 fully saturated rings. The molecule has 0 aromatic heterocycles. The van der Waals surface area contributed by atoms with Gasteiger partial charge in [0.25, 0.3) is 0 Å². The first-order valence-electron chi connectivity index (χ1n) is 8.99. The highest BCUT2D eigenvalue weighted by atomic mass is 15.1. The van der Waals surface area contributed by atoms with Crippen LogP contribution in [0.2, 0.25) is 0 Å². The lowest BCUT2D eigenvalue weighted by molar-refractivity contribution is 0.896. The van der Waals surface area contributed by atoms with Crippen molar-refractivity contribution < 1.29 is 0 Å². The molecular weight excluding hydrogens is 314 g/mol. The largest absolute Gasteiger partial charge is 0.348 e. The zero-order chi connectivity index (χ0) is 17.8. The lowest BCUT2D eigenvalue weighted by atomic mass is 10.0. The third-order valence-corrected chi connectivity index (χ3v) is 4.89. The van der Waals surface area contributed by atoms with E-state index in [-0.39, 0.29) is 0 Å². The van der Waals surface area contributed by atoms with Gasteiger partial charge in [0.1, 0.15) is 0 Å². The average molecular weight is 335 g/mol. The fraction of sp³-hybridized carbons (Fsp3) is 0.120. The van der Waals surface area contributed by atoms with Gasteiger partial charge < -0.3 is 4.90 Å². The van der Waals surface area contributed by atoms with E-state index in [1.165, 1.54) is 33.6 Å². The van der Waals surface area contributed by atoms with Crippen LogP contribution in [0.15, 0.2) is 90.7 Å². The fourth-order valence-corrected chi connectivity index (χ4v) is 3.29. The van der Waals surface area contributed by atoms with E-state index in [2.05, 4.69) is 96.9 Å². The highest BCUT2D eigenvalue weighted by Gasteiger charge is 2.08. The Balaban J connectivity index is 1.53. The molecule has 3 aromatic rings. The van der Waals surface area contributed by atoms with Gasteiger partial charge >= 0.3 is 0 Å². The summed E-state index contributed by atoms with van der Waals surface area (Å²) in [5.74, 6) is 0. The summed E-state index contributed by atoms with van der Waals surface area (Å²) in [5.41, 5.74) is 7.42. The van der Waals surface area contributed by atoms with E-state index in [0.29, 0.717) is 0 Å². The quantitative estimate of drug-likeness (QED) is 0.541. The van der Waals surface area contributed by atoms with Crippen molar-refractivity contribution in [3.8, 4) is 22.3 Å². The molecule has 3 aromatic carbocycles. The van der Waals surface area contributed by atoms with Crippen LogP contribution in [0.4, 0.5) is 5.69 Å². The molecule has 0 radical (unpaired) electrons. The van der Waals surface area contributed by atoms with Crippen molar-refractivity contribution in [2.24, 2.45) is 0 Å². The van der Waals surface area contributed by atoms with Gasteiger partial charge in [-0.1, -0.05) is 60.7 Å². The van der Waals surface area contributed by atoms with Crippen molar-refractivity contribution in [1.82, 2.24) is 0 Å². The number of allylic oxidation sites excluding steroid dienone is 4. The summed E-state index contributed by atoms with van der Waals surface area (Å²) in [6, 6.07) is 29.4. The van der Waals surface area contributed by atoms with Gasteiger partial charge in [-0.05, 0) is 71.5 Å². The third-order valence-electron chi connectivity index (χ3n) is 4.89. The molecule has 126 valence electrons. The Bertz CT molecular complexity index is 916. The number of benzene rings is 2. The van der Waals surface area contributed by atoms with Gasteiger partial charge in [0.05, 0.1) is 0 Å². The molecule has 0 bridgehead atoms. The van der Waals surface area contributed by atoms with E-state index in [1.807, 2.05) is 12.1 Å². The van der Waals surface area contributed by atoms with Gasteiger partial charge in [-0.2, -0.15) is 0 Å². The SMILES string of the molecule is CN(C1=CC=CCC1)c1ccc(-c2ccc(-c3cc#ccc3)cc2)cc1. The maximum absolute atomic E-state index is 3.01. The van der Waals surface area contributed by atoms with Gasteiger partial charge in [0, 0.05) is 18.4 Å². The topological polar surface area (TPSA) is 3.24 Å². The maximum atomic E-state index is 3.01. The Kier molecular flexibility index (Phi) is 4.58. The summed E-state index contributed by atoms with van der Waals surface area (Å²) in [4.78, 5) is 2.28. The second-order valence-electron chi connectivity index (χ2n) is 6.53. The van der Waals surface area contributed by atoms with Crippen molar-refractivity contribution in [2.75, 3.05) is 11.9 Å². The van der Waals surface area contributed by atoms with Crippen LogP contribution in [0.1, 0.15) is 12.8 Å². The highest BCUT2D eigenvalue weighted by Crippen LogP contribution is 2.28. The lowest BCUT2D eigenvalue weighted by Gasteiger charge is -2.24. The van der Waals surface area contributed by atoms with E-state index >= 15 is 0 Å². The molecule has 0 spiro atoms. The summed E-state index contributed by atoms with van der Waals surface area (Å²) >= 11 is 0. The number of anilines is 1. The van der Waals surface area contributed by atoms with Crippen LogP contribution in [0.5, 0.6) is 0 Å². The minimum atomic E-state index is 1.10. The minimum Gasteiger partial charge on any atom is -0.348 e. The van der Waals surface area contributed by atoms with E-state index in [4.69, 9.17) is 0 Å². The monoisotopic (exact) mass is 335 g/mol. The minimum absolute atomic E-state index is 1.10. The first-order valence-corrected chi connectivity index (χ1v) is 8.99. The fourth-order valence-electron chi connectivity index (χ4n) is 3.29. The predicted molar refractivity (Wildman–Crippen MR) is 110 cm³/mol. The first kappa shape index (κ1) is 16.2. The third kappa shape index (κ3) is 3.41. The van der Waals surface area contributed by atoms with E-state index < -0.39 is 0 Å². The van der Waals surface area contributed by atoms with Gasteiger partial charge in [-0.15, -0.1) is 0 Å². The Labute approximate surface area is 155 Å². The molecule has 1 aliphatic rings. The van der Waals surface area contributed by atoms with Gasteiger partial charge in [-0.25, -0.2) is 0 Å². The number of hydrogen-bond acceptors (Lipinski definition) is 1. The van der Waals surface area contributed by atoms with Crippen LogP contribution in [0.25, 0.3) is 22.3 Å². The predicted octanol–water partition coefficient (Wildman–Crippen LogP) is 6.29. The molecule has 0 atom stereocenters. The number of rotatable bonds is 4. The van der Waals surface area contributed by atoms with Crippen LogP contribution in [-0.4, -0.2) is 7.05 Å². The molecule has 0 unspecified atom stereocenters. The molecule has 0 aliphatic heterocycles. The lowest BCUT2D eigenvalue weighted by Crippen LogP contribution is -2.16. The van der Waals surface area contributed by atoms with Crippen molar-refractivity contribution >= 4 is 5.69 Å². The first-order chi connectivity index (χ1) is 12.8. The van der Waals surface area contributed by atoms with Crippen LogP contribution in [0, 0.1) is 12.1 Å². The molecule has 1 heteroatoms. The van der Waals surface area contributed by atoms with Crippen molar-refractivity contribution in [3.63, 3.8) is 0 Å². The molecular formula is C25H21N. The summed E-state index contributed by atoms with van der Waals surface area (Å²) in [5, 5.41) is 0. The Morgan fingerprint density at radius 3 is 2.00 bits per heavy atom. The highest BCUT2D eigenvalue weighted by molar-refractivity contribution is 5.71. The molecule has 0 amide bonds. The summed E-state index contributed by atoms with van der Waals surface area (Å²) < 4.78 is 0. The van der Waals surface area contributed by atoms with Crippen LogP contribution in [0.3, 0.4) is 0 Å². The van der Waals surface area contributed by atoms with Gasteiger partial charge in [0.15, 0.2) is 0 Å². The van der Waals surface area contributed by atoms with Crippen molar-refractivity contribution in [2.45, 2.75) is 12.8 Å². The molecule has 26 heavy (non-hydrogen) atoms. The standard InChI is InChI=1S/C25H21N/c1-26(24-10-6-3-7-11-24)25-18-16-23(17-19-25)22-14-12-21(13-15-22)20-8-4-2-5-9-20/h3-4,6,8-10,12-19H,7,11H2,1H3. The zero-order valence-electron chi connectivity index (χ0n) is 14.9. The van der Waals surface area contributed by atoms with E-state index in [0.717, 1.165) is 12.8 Å². The molecule has 1 aliphatic carbocycles. The Morgan fingerprint density at radius 1 is 0.769 bits per heavy atom. The maximum Gasteiger partial charge on any atom is 0.0406 e. The molecule has 0 saturated heterocycles. The van der Waals surface area contributed by atoms with Crippen molar-refractivity contribution in [1.29, 1.82) is 0 Å². The molecule has 4 rings (SSSR count). The zero-order valence-corrected chi connectivity index (χ0v) is 14.9. The molecule has 0 N–H and O–H groups in total. The second-order valence-corrected chi connectivity index (χ2v) is 6.53. The normalized spacial score (nSPS) is 13.0. The van der Waals surface area contributed by atoms with Gasteiger partial charge in [-0.3, -0.25) is 0 Å².